The summed E-state index contributed by atoms with van der Waals surface area (Å²) in [4.78, 5) is 21.4. The van der Waals surface area contributed by atoms with Crippen LogP contribution in [0.15, 0.2) is 46.5 Å². The number of carbonyl (C=O) groups excluding carboxylic acids is 1. The number of rotatable bonds is 5. The van der Waals surface area contributed by atoms with Crippen LogP contribution >= 0.6 is 0 Å². The first kappa shape index (κ1) is 21.2. The van der Waals surface area contributed by atoms with Crippen molar-refractivity contribution in [3.63, 3.8) is 0 Å². The summed E-state index contributed by atoms with van der Waals surface area (Å²) in [6.07, 6.45) is 2.93. The number of aromatic nitrogens is 1. The quantitative estimate of drug-likeness (QED) is 0.333. The maximum Gasteiger partial charge on any atom is 0.414 e. The third-order valence-corrected chi connectivity index (χ3v) is 5.34. The Morgan fingerprint density at radius 1 is 1.43 bits per heavy atom. The number of anilines is 1. The number of hydrogen-bond acceptors (Lipinski definition) is 7. The highest BCUT2D eigenvalue weighted by Gasteiger charge is 2.32. The minimum atomic E-state index is -3.45. The first-order valence-electron chi connectivity index (χ1n) is 8.79. The van der Waals surface area contributed by atoms with Crippen molar-refractivity contribution in [2.45, 2.75) is 18.1 Å². The Kier molecular flexibility index (Phi) is 5.98. The first-order valence-corrected chi connectivity index (χ1v) is 10.7. The number of amides is 1. The summed E-state index contributed by atoms with van der Waals surface area (Å²) in [5.74, 6) is -0.192. The zero-order valence-corrected chi connectivity index (χ0v) is 17.0. The summed E-state index contributed by atoms with van der Waals surface area (Å²) < 4.78 is 42.9. The van der Waals surface area contributed by atoms with Gasteiger partial charge < -0.3 is 4.74 Å². The van der Waals surface area contributed by atoms with Crippen LogP contribution in [0.1, 0.15) is 6.92 Å². The SMILES string of the molecule is CC(=NCC1CN(c2ccc(-c3ccc(S(C)(=O)=O)nc3)c(F)c2)C(=O)O1)NC#N. The summed E-state index contributed by atoms with van der Waals surface area (Å²) in [6.45, 7) is 1.97. The molecule has 0 radical (unpaired) electrons. The van der Waals surface area contributed by atoms with Crippen LogP contribution in [0, 0.1) is 17.3 Å². The minimum absolute atomic E-state index is 0.100. The minimum Gasteiger partial charge on any atom is -0.442 e. The van der Waals surface area contributed by atoms with E-state index < -0.39 is 27.9 Å². The maximum atomic E-state index is 14.7. The normalized spacial score (nSPS) is 16.9. The van der Waals surface area contributed by atoms with Crippen LogP contribution in [0.25, 0.3) is 11.1 Å². The second-order valence-electron chi connectivity index (χ2n) is 6.60. The van der Waals surface area contributed by atoms with Gasteiger partial charge in [0.25, 0.3) is 0 Å². The summed E-state index contributed by atoms with van der Waals surface area (Å²) >= 11 is 0. The van der Waals surface area contributed by atoms with Gasteiger partial charge in [-0.3, -0.25) is 15.2 Å². The third kappa shape index (κ3) is 4.72. The van der Waals surface area contributed by atoms with Crippen LogP contribution in [0.4, 0.5) is 14.9 Å². The number of pyridine rings is 1. The lowest BCUT2D eigenvalue weighted by Gasteiger charge is -2.14. The first-order chi connectivity index (χ1) is 14.2. The molecule has 1 unspecified atom stereocenters. The van der Waals surface area contributed by atoms with Crippen LogP contribution in [0.2, 0.25) is 0 Å². The highest BCUT2D eigenvalue weighted by Crippen LogP contribution is 2.29. The fraction of sp³-hybridized carbons (Fsp3) is 0.263. The molecule has 2 heterocycles. The zero-order valence-electron chi connectivity index (χ0n) is 16.2. The van der Waals surface area contributed by atoms with Crippen molar-refractivity contribution in [2.24, 2.45) is 4.99 Å². The second-order valence-corrected chi connectivity index (χ2v) is 8.56. The summed E-state index contributed by atoms with van der Waals surface area (Å²) in [5.41, 5.74) is 0.946. The standard InChI is InChI=1S/C19H18FN5O4S/c1-12(24-11-21)22-9-15-10-25(19(26)29-15)14-4-5-16(17(20)7-14)13-3-6-18(23-8-13)30(2,27)28/h3-8,15H,9-10H2,1-2H3,(H,22,24). The molecule has 3 rings (SSSR count). The van der Waals surface area contributed by atoms with Crippen LogP contribution in [0.3, 0.4) is 0 Å². The lowest BCUT2D eigenvalue weighted by Crippen LogP contribution is -2.25. The molecule has 0 spiro atoms. The number of ether oxygens (including phenoxy) is 1. The molecule has 0 aliphatic carbocycles. The van der Waals surface area contributed by atoms with Gasteiger partial charge in [0.05, 0.1) is 18.8 Å². The van der Waals surface area contributed by atoms with Crippen molar-refractivity contribution in [2.75, 3.05) is 24.2 Å². The van der Waals surface area contributed by atoms with E-state index in [2.05, 4.69) is 15.3 Å². The summed E-state index contributed by atoms with van der Waals surface area (Å²) in [5, 5.41) is 10.8. The number of carbonyl (C=O) groups is 1. The molecule has 2 aromatic rings. The summed E-state index contributed by atoms with van der Waals surface area (Å²) in [6, 6.07) is 7.04. The molecule has 1 saturated heterocycles. The van der Waals surface area contributed by atoms with Crippen molar-refractivity contribution >= 4 is 27.5 Å². The smallest absolute Gasteiger partial charge is 0.414 e. The zero-order chi connectivity index (χ0) is 21.9. The highest BCUT2D eigenvalue weighted by atomic mass is 32.2. The molecule has 1 aromatic carbocycles. The number of benzene rings is 1. The molecule has 1 aliphatic rings. The Bertz CT molecular complexity index is 1140. The van der Waals surface area contributed by atoms with Crippen LogP contribution in [-0.2, 0) is 14.6 Å². The molecular weight excluding hydrogens is 413 g/mol. The Morgan fingerprint density at radius 3 is 2.80 bits per heavy atom. The molecule has 1 aromatic heterocycles. The van der Waals surface area contributed by atoms with E-state index in [4.69, 9.17) is 10.00 Å². The number of aliphatic imine (C=N–C) groups is 1. The van der Waals surface area contributed by atoms with E-state index in [9.17, 15) is 17.6 Å². The number of hydrogen-bond donors (Lipinski definition) is 1. The molecule has 11 heteroatoms. The van der Waals surface area contributed by atoms with Crippen molar-refractivity contribution in [1.29, 1.82) is 5.26 Å². The molecule has 1 aliphatic heterocycles. The van der Waals surface area contributed by atoms with Crippen molar-refractivity contribution < 1.29 is 22.3 Å². The van der Waals surface area contributed by atoms with Crippen molar-refractivity contribution in [1.82, 2.24) is 10.3 Å². The lowest BCUT2D eigenvalue weighted by atomic mass is 10.1. The number of nitrogens with zero attached hydrogens (tertiary/aromatic N) is 4. The second kappa shape index (κ2) is 8.46. The number of amidine groups is 1. The van der Waals surface area contributed by atoms with Gasteiger partial charge in [0, 0.05) is 23.6 Å². The molecule has 156 valence electrons. The predicted octanol–water partition coefficient (Wildman–Crippen LogP) is 2.11. The van der Waals surface area contributed by atoms with E-state index in [-0.39, 0.29) is 23.7 Å². The van der Waals surface area contributed by atoms with Crippen LogP contribution < -0.4 is 10.2 Å². The van der Waals surface area contributed by atoms with Gasteiger partial charge in [-0.2, -0.15) is 5.26 Å². The Labute approximate surface area is 172 Å². The van der Waals surface area contributed by atoms with E-state index in [1.165, 1.54) is 35.4 Å². The predicted molar refractivity (Wildman–Crippen MR) is 107 cm³/mol. The van der Waals surface area contributed by atoms with Crippen molar-refractivity contribution in [3.8, 4) is 17.3 Å². The van der Waals surface area contributed by atoms with E-state index in [0.717, 1.165) is 6.26 Å². The lowest BCUT2D eigenvalue weighted by molar-refractivity contribution is 0.145. The van der Waals surface area contributed by atoms with Gasteiger partial charge in [-0.1, -0.05) is 0 Å². The van der Waals surface area contributed by atoms with Gasteiger partial charge in [0.15, 0.2) is 21.1 Å². The molecular formula is C19H18FN5O4S. The number of nitriles is 1. The molecule has 1 N–H and O–H groups in total. The van der Waals surface area contributed by atoms with E-state index >= 15 is 0 Å². The van der Waals surface area contributed by atoms with Gasteiger partial charge in [-0.25, -0.2) is 22.6 Å². The fourth-order valence-electron chi connectivity index (χ4n) is 2.85. The molecule has 1 fully saturated rings. The molecule has 1 amide bonds. The molecule has 1 atom stereocenters. The number of halogens is 1. The van der Waals surface area contributed by atoms with Gasteiger partial charge >= 0.3 is 6.09 Å². The highest BCUT2D eigenvalue weighted by molar-refractivity contribution is 7.90. The van der Waals surface area contributed by atoms with Gasteiger partial charge in [0.1, 0.15) is 17.8 Å². The molecule has 30 heavy (non-hydrogen) atoms. The Morgan fingerprint density at radius 2 is 2.20 bits per heavy atom. The van der Waals surface area contributed by atoms with E-state index in [1.54, 1.807) is 19.2 Å². The van der Waals surface area contributed by atoms with Gasteiger partial charge in [-0.15, -0.1) is 0 Å². The van der Waals surface area contributed by atoms with E-state index in [0.29, 0.717) is 17.1 Å². The number of sulfone groups is 1. The Balaban J connectivity index is 1.76. The van der Waals surface area contributed by atoms with Gasteiger partial charge in [0.2, 0.25) is 0 Å². The molecule has 0 saturated carbocycles. The number of nitrogens with one attached hydrogen (secondary N) is 1. The molecule has 9 nitrogen and oxygen atoms in total. The largest absolute Gasteiger partial charge is 0.442 e. The van der Waals surface area contributed by atoms with Crippen molar-refractivity contribution in [3.05, 3.63) is 42.3 Å². The maximum absolute atomic E-state index is 14.7. The molecule has 0 bridgehead atoms. The van der Waals surface area contributed by atoms with Crippen LogP contribution in [-0.4, -0.2) is 50.8 Å². The average Bonchev–Trinajstić information content (AvgIpc) is 3.07. The van der Waals surface area contributed by atoms with Gasteiger partial charge in [-0.05, 0) is 37.3 Å². The monoisotopic (exact) mass is 431 g/mol. The summed E-state index contributed by atoms with van der Waals surface area (Å²) in [7, 11) is -3.45. The number of cyclic esters (lactones) is 1. The Hall–Kier alpha value is -3.52. The fourth-order valence-corrected chi connectivity index (χ4v) is 3.41. The topological polar surface area (TPSA) is 125 Å². The van der Waals surface area contributed by atoms with E-state index in [1.807, 2.05) is 0 Å². The average molecular weight is 431 g/mol. The van der Waals surface area contributed by atoms with Crippen LogP contribution in [0.5, 0.6) is 0 Å². The third-order valence-electron chi connectivity index (χ3n) is 4.33.